The maximum Gasteiger partial charge on any atom is 0.241 e. The topological polar surface area (TPSA) is 110 Å². The molecule has 1 aromatic carbocycles. The fourth-order valence-corrected chi connectivity index (χ4v) is 6.14. The van der Waals surface area contributed by atoms with E-state index in [2.05, 4.69) is 23.6 Å². The predicted octanol–water partition coefficient (Wildman–Crippen LogP) is 4.32. The molecule has 3 heterocycles. The van der Waals surface area contributed by atoms with Crippen molar-refractivity contribution in [3.63, 3.8) is 0 Å². The summed E-state index contributed by atoms with van der Waals surface area (Å²) in [5, 5.41) is 3.65. The normalized spacial score (nSPS) is 13.1. The van der Waals surface area contributed by atoms with Crippen LogP contribution in [0.25, 0.3) is 11.0 Å². The number of hydrogen-bond acceptors (Lipinski definition) is 7. The molecule has 1 amide bonds. The Labute approximate surface area is 221 Å². The SMILES string of the molecule is CC(C)CN(Cc1csc(C(C)C)n1)C(=O)[C@H](Cc1cncn1C)NS(=O)(=O)c1ccc2occc2c1. The molecule has 1 atom stereocenters. The van der Waals surface area contributed by atoms with Crippen molar-refractivity contribution in [3.05, 3.63) is 64.8 Å². The largest absolute Gasteiger partial charge is 0.464 e. The number of carbonyl (C=O) groups excluding carboxylic acids is 1. The van der Waals surface area contributed by atoms with Gasteiger partial charge in [-0.25, -0.2) is 18.4 Å². The number of amides is 1. The van der Waals surface area contributed by atoms with Gasteiger partial charge in [-0.2, -0.15) is 4.72 Å². The fourth-order valence-electron chi connectivity index (χ4n) is 4.09. The molecule has 0 aliphatic rings. The van der Waals surface area contributed by atoms with Gasteiger partial charge in [0.25, 0.3) is 0 Å². The molecule has 4 aromatic rings. The minimum absolute atomic E-state index is 0.0701. The van der Waals surface area contributed by atoms with E-state index < -0.39 is 16.1 Å². The molecular formula is C26H33N5O4S2. The Morgan fingerprint density at radius 2 is 2.00 bits per heavy atom. The first-order valence-electron chi connectivity index (χ1n) is 12.2. The number of fused-ring (bicyclic) bond motifs is 1. The van der Waals surface area contributed by atoms with Crippen LogP contribution in [0.1, 0.15) is 50.0 Å². The van der Waals surface area contributed by atoms with Crippen molar-refractivity contribution in [3.8, 4) is 0 Å². The van der Waals surface area contributed by atoms with Crippen LogP contribution in [0.4, 0.5) is 0 Å². The monoisotopic (exact) mass is 543 g/mol. The molecule has 0 unspecified atom stereocenters. The molecule has 0 bridgehead atoms. The third-order valence-corrected chi connectivity index (χ3v) is 8.64. The van der Waals surface area contributed by atoms with Gasteiger partial charge in [-0.3, -0.25) is 4.79 Å². The van der Waals surface area contributed by atoms with Gasteiger partial charge < -0.3 is 13.9 Å². The molecule has 3 aromatic heterocycles. The van der Waals surface area contributed by atoms with Crippen LogP contribution < -0.4 is 4.72 Å². The number of imidazole rings is 1. The molecule has 0 aliphatic carbocycles. The molecule has 198 valence electrons. The number of rotatable bonds is 11. The lowest BCUT2D eigenvalue weighted by molar-refractivity contribution is -0.134. The second-order valence-corrected chi connectivity index (χ2v) is 12.5. The van der Waals surface area contributed by atoms with Gasteiger partial charge in [0.2, 0.25) is 15.9 Å². The number of carbonyl (C=O) groups is 1. The van der Waals surface area contributed by atoms with Crippen LogP contribution in [0.2, 0.25) is 0 Å². The second-order valence-electron chi connectivity index (χ2n) is 9.94. The van der Waals surface area contributed by atoms with Gasteiger partial charge in [-0.1, -0.05) is 27.7 Å². The lowest BCUT2D eigenvalue weighted by Gasteiger charge is -2.29. The summed E-state index contributed by atoms with van der Waals surface area (Å²) >= 11 is 1.57. The van der Waals surface area contributed by atoms with E-state index >= 15 is 0 Å². The highest BCUT2D eigenvalue weighted by molar-refractivity contribution is 7.89. The molecule has 0 spiro atoms. The summed E-state index contributed by atoms with van der Waals surface area (Å²) in [6, 6.07) is 5.32. The zero-order valence-corrected chi connectivity index (χ0v) is 23.3. The third-order valence-electron chi connectivity index (χ3n) is 5.97. The summed E-state index contributed by atoms with van der Waals surface area (Å²) in [6.07, 6.45) is 4.95. The molecule has 0 aliphatic heterocycles. The highest BCUT2D eigenvalue weighted by Crippen LogP contribution is 2.23. The molecule has 0 saturated carbocycles. The number of sulfonamides is 1. The van der Waals surface area contributed by atoms with E-state index in [0.29, 0.717) is 30.0 Å². The molecule has 11 heteroatoms. The van der Waals surface area contributed by atoms with Crippen molar-refractivity contribution in [1.29, 1.82) is 0 Å². The minimum Gasteiger partial charge on any atom is -0.464 e. The van der Waals surface area contributed by atoms with E-state index in [1.165, 1.54) is 12.3 Å². The molecule has 9 nitrogen and oxygen atoms in total. The Morgan fingerprint density at radius 1 is 1.22 bits per heavy atom. The van der Waals surface area contributed by atoms with E-state index in [0.717, 1.165) is 16.4 Å². The van der Waals surface area contributed by atoms with Gasteiger partial charge in [0.1, 0.15) is 11.6 Å². The molecular weight excluding hydrogens is 510 g/mol. The third kappa shape index (κ3) is 6.46. The quantitative estimate of drug-likeness (QED) is 0.302. The molecule has 4 rings (SSSR count). The summed E-state index contributed by atoms with van der Waals surface area (Å²) in [6.45, 7) is 9.00. The zero-order valence-electron chi connectivity index (χ0n) is 21.7. The average molecular weight is 544 g/mol. The Balaban J connectivity index is 1.65. The van der Waals surface area contributed by atoms with Crippen LogP contribution in [0.5, 0.6) is 0 Å². The number of benzene rings is 1. The van der Waals surface area contributed by atoms with E-state index in [1.54, 1.807) is 51.5 Å². The van der Waals surface area contributed by atoms with Crippen molar-refractivity contribution in [2.24, 2.45) is 13.0 Å². The van der Waals surface area contributed by atoms with Crippen molar-refractivity contribution >= 4 is 38.2 Å². The van der Waals surface area contributed by atoms with Crippen LogP contribution in [-0.4, -0.2) is 46.3 Å². The number of aryl methyl sites for hydroxylation is 1. The van der Waals surface area contributed by atoms with Crippen LogP contribution in [0.15, 0.2) is 57.7 Å². The molecule has 0 saturated heterocycles. The van der Waals surface area contributed by atoms with Gasteiger partial charge in [-0.15, -0.1) is 11.3 Å². The number of nitrogens with one attached hydrogen (secondary N) is 1. The maximum atomic E-state index is 14.0. The first kappa shape index (κ1) is 27.0. The van der Waals surface area contributed by atoms with Gasteiger partial charge >= 0.3 is 0 Å². The molecule has 37 heavy (non-hydrogen) atoms. The van der Waals surface area contributed by atoms with Crippen molar-refractivity contribution in [2.75, 3.05) is 6.54 Å². The highest BCUT2D eigenvalue weighted by Gasteiger charge is 2.31. The van der Waals surface area contributed by atoms with Gasteiger partial charge in [0.15, 0.2) is 0 Å². The standard InChI is InChI=1S/C26H33N5O4S2/c1-17(2)13-31(14-20-15-36-25(28-20)18(3)4)26(32)23(11-21-12-27-16-30(21)5)29-37(33,34)22-6-7-24-19(10-22)8-9-35-24/h6-10,12,15-18,23,29H,11,13-14H2,1-5H3/t23-/m0/s1. The van der Waals surface area contributed by atoms with Gasteiger partial charge in [0.05, 0.1) is 34.7 Å². The number of furan rings is 1. The number of aromatic nitrogens is 3. The number of hydrogen-bond donors (Lipinski definition) is 1. The van der Waals surface area contributed by atoms with E-state index in [-0.39, 0.29) is 23.1 Å². The van der Waals surface area contributed by atoms with Crippen LogP contribution in [0.3, 0.4) is 0 Å². The number of thiazole rings is 1. The summed E-state index contributed by atoms with van der Waals surface area (Å²) < 4.78 is 36.7. The Kier molecular flexibility index (Phi) is 8.15. The predicted molar refractivity (Wildman–Crippen MR) is 144 cm³/mol. The van der Waals surface area contributed by atoms with E-state index in [9.17, 15) is 13.2 Å². The van der Waals surface area contributed by atoms with Crippen LogP contribution in [-0.2, 0) is 34.8 Å². The van der Waals surface area contributed by atoms with Crippen molar-refractivity contribution < 1.29 is 17.6 Å². The summed E-state index contributed by atoms with van der Waals surface area (Å²) in [7, 11) is -2.20. The second kappa shape index (κ2) is 11.2. The summed E-state index contributed by atoms with van der Waals surface area (Å²) in [5.41, 5.74) is 2.13. The smallest absolute Gasteiger partial charge is 0.241 e. The van der Waals surface area contributed by atoms with Crippen LogP contribution >= 0.6 is 11.3 Å². The lowest BCUT2D eigenvalue weighted by atomic mass is 10.1. The molecule has 0 fully saturated rings. The van der Waals surface area contributed by atoms with Crippen LogP contribution in [0, 0.1) is 5.92 Å². The summed E-state index contributed by atoms with van der Waals surface area (Å²) in [4.78, 5) is 24.6. The maximum absolute atomic E-state index is 14.0. The lowest BCUT2D eigenvalue weighted by Crippen LogP contribution is -2.50. The van der Waals surface area contributed by atoms with E-state index in [4.69, 9.17) is 9.40 Å². The van der Waals surface area contributed by atoms with Gasteiger partial charge in [0, 0.05) is 48.6 Å². The highest BCUT2D eigenvalue weighted by atomic mass is 32.2. The molecule has 0 radical (unpaired) electrons. The van der Waals surface area contributed by atoms with Gasteiger partial charge in [-0.05, 0) is 30.2 Å². The Bertz CT molecular complexity index is 1470. The van der Waals surface area contributed by atoms with E-state index in [1.807, 2.05) is 26.3 Å². The number of nitrogens with zero attached hydrogens (tertiary/aromatic N) is 4. The first-order chi connectivity index (χ1) is 17.5. The average Bonchev–Trinajstić information content (AvgIpc) is 3.58. The minimum atomic E-state index is -4.01. The van der Waals surface area contributed by atoms with Crippen molar-refractivity contribution in [1.82, 2.24) is 24.2 Å². The Hall–Kier alpha value is -3.02. The zero-order chi connectivity index (χ0) is 26.7. The first-order valence-corrected chi connectivity index (χ1v) is 14.6. The fraction of sp³-hybridized carbons (Fsp3) is 0.423. The summed E-state index contributed by atoms with van der Waals surface area (Å²) in [5.74, 6) is 0.177. The van der Waals surface area contributed by atoms with Crippen molar-refractivity contribution in [2.45, 2.75) is 57.5 Å². The Morgan fingerprint density at radius 3 is 2.65 bits per heavy atom. The molecule has 1 N–H and O–H groups in total.